The van der Waals surface area contributed by atoms with E-state index in [9.17, 15) is 14.3 Å². The lowest BCUT2D eigenvalue weighted by Gasteiger charge is -2.24. The lowest BCUT2D eigenvalue weighted by atomic mass is 10.0. The number of hydrogen-bond donors (Lipinski definition) is 1. The summed E-state index contributed by atoms with van der Waals surface area (Å²) in [5.74, 6) is -1.61. The molecule has 0 saturated heterocycles. The van der Waals surface area contributed by atoms with Crippen LogP contribution in [0.3, 0.4) is 0 Å². The molecule has 1 aromatic heterocycles. The smallest absolute Gasteiger partial charge is 0.325 e. The molecule has 7 heteroatoms. The van der Waals surface area contributed by atoms with Crippen molar-refractivity contribution < 1.29 is 23.6 Å². The zero-order valence-corrected chi connectivity index (χ0v) is 11.6. The first-order chi connectivity index (χ1) is 10.0. The van der Waals surface area contributed by atoms with Gasteiger partial charge in [-0.3, -0.25) is 9.69 Å². The highest BCUT2D eigenvalue weighted by molar-refractivity contribution is 5.75. The summed E-state index contributed by atoms with van der Waals surface area (Å²) in [6.07, 6.45) is 1.41. The van der Waals surface area contributed by atoms with Crippen molar-refractivity contribution in [1.29, 1.82) is 0 Å². The number of rotatable bonds is 6. The molecule has 0 aliphatic heterocycles. The first kappa shape index (κ1) is 15.0. The topological polar surface area (TPSA) is 75.8 Å². The largest absolute Gasteiger partial charge is 0.494 e. The second-order valence-corrected chi connectivity index (χ2v) is 4.54. The number of aromatic nitrogens is 1. The molecule has 21 heavy (non-hydrogen) atoms. The van der Waals surface area contributed by atoms with Crippen molar-refractivity contribution in [2.24, 2.45) is 0 Å². The fourth-order valence-corrected chi connectivity index (χ4v) is 2.10. The monoisotopic (exact) mass is 294 g/mol. The molecule has 1 heterocycles. The van der Waals surface area contributed by atoms with Crippen LogP contribution in [0.2, 0.25) is 0 Å². The molecule has 6 nitrogen and oxygen atoms in total. The van der Waals surface area contributed by atoms with Crippen LogP contribution < -0.4 is 4.74 Å². The maximum absolute atomic E-state index is 13.8. The Morgan fingerprint density at radius 2 is 2.29 bits per heavy atom. The van der Waals surface area contributed by atoms with E-state index >= 15 is 0 Å². The van der Waals surface area contributed by atoms with Crippen LogP contribution in [0.15, 0.2) is 35.1 Å². The Labute approximate surface area is 120 Å². The minimum absolute atomic E-state index is 0.0713. The number of nitrogens with zero attached hydrogens (tertiary/aromatic N) is 2. The summed E-state index contributed by atoms with van der Waals surface area (Å²) in [5.41, 5.74) is 0.921. The molecule has 0 amide bonds. The lowest BCUT2D eigenvalue weighted by molar-refractivity contribution is -0.143. The van der Waals surface area contributed by atoms with Gasteiger partial charge in [0, 0.05) is 12.6 Å². The predicted molar refractivity (Wildman–Crippen MR) is 71.3 cm³/mol. The quantitative estimate of drug-likeness (QED) is 0.879. The summed E-state index contributed by atoms with van der Waals surface area (Å²) >= 11 is 0. The van der Waals surface area contributed by atoms with Crippen LogP contribution in [-0.4, -0.2) is 35.3 Å². The number of carbonyl (C=O) groups is 1. The molecule has 0 spiro atoms. The van der Waals surface area contributed by atoms with Gasteiger partial charge in [0.2, 0.25) is 0 Å². The summed E-state index contributed by atoms with van der Waals surface area (Å²) in [5, 5.41) is 13.1. The van der Waals surface area contributed by atoms with Gasteiger partial charge in [-0.05, 0) is 24.7 Å². The van der Waals surface area contributed by atoms with E-state index in [-0.39, 0.29) is 12.3 Å². The molecular formula is C14H15FN2O4. The summed E-state index contributed by atoms with van der Waals surface area (Å²) < 4.78 is 23.3. The molecule has 0 unspecified atom stereocenters. The van der Waals surface area contributed by atoms with Crippen molar-refractivity contribution in [2.75, 3.05) is 14.2 Å². The summed E-state index contributed by atoms with van der Waals surface area (Å²) in [7, 11) is 2.97. The Morgan fingerprint density at radius 3 is 2.81 bits per heavy atom. The fourth-order valence-electron chi connectivity index (χ4n) is 2.10. The highest BCUT2D eigenvalue weighted by Crippen LogP contribution is 2.26. The van der Waals surface area contributed by atoms with Crippen molar-refractivity contribution in [3.63, 3.8) is 0 Å². The molecule has 0 fully saturated rings. The molecule has 2 aromatic rings. The Hall–Kier alpha value is -2.41. The van der Waals surface area contributed by atoms with Crippen LogP contribution in [0.25, 0.3) is 0 Å². The maximum atomic E-state index is 13.8. The fraction of sp³-hybridized carbons (Fsp3) is 0.286. The van der Waals surface area contributed by atoms with Crippen molar-refractivity contribution in [2.45, 2.75) is 12.6 Å². The van der Waals surface area contributed by atoms with Crippen LogP contribution in [0.4, 0.5) is 4.39 Å². The molecule has 0 radical (unpaired) electrons. The average molecular weight is 294 g/mol. The van der Waals surface area contributed by atoms with Crippen molar-refractivity contribution in [1.82, 2.24) is 10.1 Å². The van der Waals surface area contributed by atoms with E-state index in [1.54, 1.807) is 18.0 Å². The Balaban J connectivity index is 2.26. The number of methoxy groups -OCH3 is 1. The zero-order valence-electron chi connectivity index (χ0n) is 11.6. The Kier molecular flexibility index (Phi) is 4.54. The predicted octanol–water partition coefficient (Wildman–Crippen LogP) is 2.08. The van der Waals surface area contributed by atoms with Gasteiger partial charge in [-0.2, -0.15) is 0 Å². The van der Waals surface area contributed by atoms with Gasteiger partial charge in [-0.25, -0.2) is 4.39 Å². The van der Waals surface area contributed by atoms with Crippen molar-refractivity contribution in [3.05, 3.63) is 47.6 Å². The van der Waals surface area contributed by atoms with E-state index in [1.165, 1.54) is 25.5 Å². The molecule has 0 aliphatic carbocycles. The van der Waals surface area contributed by atoms with Gasteiger partial charge in [-0.15, -0.1) is 0 Å². The number of hydrogen-bond acceptors (Lipinski definition) is 5. The van der Waals surface area contributed by atoms with E-state index in [0.29, 0.717) is 11.3 Å². The number of carboxylic acids is 1. The molecular weight excluding hydrogens is 279 g/mol. The highest BCUT2D eigenvalue weighted by Gasteiger charge is 2.26. The third-order valence-corrected chi connectivity index (χ3v) is 3.07. The van der Waals surface area contributed by atoms with Gasteiger partial charge in [0.05, 0.1) is 12.8 Å². The van der Waals surface area contributed by atoms with Crippen LogP contribution in [0, 0.1) is 5.82 Å². The third kappa shape index (κ3) is 3.38. The standard InChI is InChI=1S/C14H15FN2O4/c1-17(8-10-5-6-21-16-10)13(14(18)19)9-3-4-12(20-2)11(15)7-9/h3-7,13H,8H2,1-2H3,(H,18,19)/t13-/m1/s1. The first-order valence-corrected chi connectivity index (χ1v) is 6.18. The van der Waals surface area contributed by atoms with Crippen LogP contribution >= 0.6 is 0 Å². The zero-order chi connectivity index (χ0) is 15.4. The number of ether oxygens (including phenoxy) is 1. The molecule has 1 N–H and O–H groups in total. The van der Waals surface area contributed by atoms with Crippen LogP contribution in [0.1, 0.15) is 17.3 Å². The van der Waals surface area contributed by atoms with Crippen LogP contribution in [0.5, 0.6) is 5.75 Å². The molecule has 2 rings (SSSR count). The molecule has 0 saturated carbocycles. The van der Waals surface area contributed by atoms with E-state index < -0.39 is 17.8 Å². The van der Waals surface area contributed by atoms with Gasteiger partial charge < -0.3 is 14.4 Å². The minimum Gasteiger partial charge on any atom is -0.494 e. The molecule has 0 bridgehead atoms. The van der Waals surface area contributed by atoms with E-state index in [0.717, 1.165) is 6.07 Å². The minimum atomic E-state index is -1.08. The van der Waals surface area contributed by atoms with Gasteiger partial charge in [0.25, 0.3) is 0 Å². The molecule has 112 valence electrons. The first-order valence-electron chi connectivity index (χ1n) is 6.18. The van der Waals surface area contributed by atoms with Crippen LogP contribution in [-0.2, 0) is 11.3 Å². The number of benzene rings is 1. The third-order valence-electron chi connectivity index (χ3n) is 3.07. The summed E-state index contributed by atoms with van der Waals surface area (Å²) in [6, 6.07) is 4.74. The van der Waals surface area contributed by atoms with E-state index in [4.69, 9.17) is 9.26 Å². The van der Waals surface area contributed by atoms with Crippen molar-refractivity contribution in [3.8, 4) is 5.75 Å². The SMILES string of the molecule is COc1ccc([C@H](C(=O)O)N(C)Cc2ccon2)cc1F. The maximum Gasteiger partial charge on any atom is 0.325 e. The normalized spacial score (nSPS) is 12.4. The van der Waals surface area contributed by atoms with Gasteiger partial charge >= 0.3 is 5.97 Å². The second kappa shape index (κ2) is 6.36. The summed E-state index contributed by atoms with van der Waals surface area (Å²) in [4.78, 5) is 13.0. The number of halogens is 1. The molecule has 1 aromatic carbocycles. The van der Waals surface area contributed by atoms with Gasteiger partial charge in [-0.1, -0.05) is 11.2 Å². The van der Waals surface area contributed by atoms with E-state index in [1.807, 2.05) is 0 Å². The highest BCUT2D eigenvalue weighted by atomic mass is 19.1. The van der Waals surface area contributed by atoms with Gasteiger partial charge in [0.15, 0.2) is 11.6 Å². The van der Waals surface area contributed by atoms with Crippen molar-refractivity contribution >= 4 is 5.97 Å². The van der Waals surface area contributed by atoms with Gasteiger partial charge in [0.1, 0.15) is 12.3 Å². The number of carboxylic acid groups (broad SMARTS) is 1. The lowest BCUT2D eigenvalue weighted by Crippen LogP contribution is -2.30. The molecule has 0 aliphatic rings. The average Bonchev–Trinajstić information content (AvgIpc) is 2.91. The molecule has 1 atom stereocenters. The Morgan fingerprint density at radius 1 is 1.52 bits per heavy atom. The second-order valence-electron chi connectivity index (χ2n) is 4.54. The van der Waals surface area contributed by atoms with E-state index in [2.05, 4.69) is 5.16 Å². The Bertz CT molecular complexity index is 615. The number of likely N-dealkylation sites (N-methyl/N-ethyl adjacent to an activating group) is 1. The number of aliphatic carboxylic acids is 1. The summed E-state index contributed by atoms with van der Waals surface area (Å²) in [6.45, 7) is 0.265.